The van der Waals surface area contributed by atoms with E-state index < -0.39 is 17.9 Å². The highest BCUT2D eigenvalue weighted by Crippen LogP contribution is 2.41. The van der Waals surface area contributed by atoms with Crippen molar-refractivity contribution in [1.82, 2.24) is 0 Å². The molecule has 3 nitrogen and oxygen atoms in total. The quantitative estimate of drug-likeness (QED) is 0.677. The molecular weight excluding hydrogens is 316 g/mol. The maximum absolute atomic E-state index is 14.3. The van der Waals surface area contributed by atoms with Crippen LogP contribution in [0.2, 0.25) is 0 Å². The Kier molecular flexibility index (Phi) is 4.55. The second kappa shape index (κ2) is 6.45. The van der Waals surface area contributed by atoms with Crippen LogP contribution in [-0.4, -0.2) is 19.6 Å². The van der Waals surface area contributed by atoms with Gasteiger partial charge in [-0.15, -0.1) is 13.2 Å². The lowest BCUT2D eigenvalue weighted by molar-refractivity contribution is -0.276. The first-order valence-electron chi connectivity index (χ1n) is 7.76. The summed E-state index contributed by atoms with van der Waals surface area (Å²) in [6.45, 7) is 0.556. The highest BCUT2D eigenvalue weighted by molar-refractivity contribution is 5.47. The summed E-state index contributed by atoms with van der Waals surface area (Å²) in [6, 6.07) is 2.56. The molecule has 2 aliphatic rings. The molecule has 0 atom stereocenters. The van der Waals surface area contributed by atoms with Gasteiger partial charge in [0.05, 0.1) is 13.2 Å². The van der Waals surface area contributed by atoms with E-state index in [1.807, 2.05) is 0 Å². The lowest BCUT2D eigenvalue weighted by atomic mass is 9.86. The number of benzene rings is 1. The van der Waals surface area contributed by atoms with E-state index >= 15 is 0 Å². The number of rotatable bonds is 7. The molecule has 1 aromatic carbocycles. The Bertz CT molecular complexity index is 551. The summed E-state index contributed by atoms with van der Waals surface area (Å²) < 4.78 is 66.4. The van der Waals surface area contributed by atoms with Crippen molar-refractivity contribution >= 4 is 0 Å². The van der Waals surface area contributed by atoms with Gasteiger partial charge in [-0.3, -0.25) is 0 Å². The van der Waals surface area contributed by atoms with Crippen molar-refractivity contribution in [2.75, 3.05) is 13.2 Å². The first-order chi connectivity index (χ1) is 10.9. The van der Waals surface area contributed by atoms with Gasteiger partial charge in [0.15, 0.2) is 11.5 Å². The minimum absolute atomic E-state index is 0.243. The topological polar surface area (TPSA) is 27.7 Å². The first-order valence-corrected chi connectivity index (χ1v) is 7.76. The van der Waals surface area contributed by atoms with Crippen LogP contribution in [0.15, 0.2) is 12.1 Å². The summed E-state index contributed by atoms with van der Waals surface area (Å²) in [5.41, 5.74) is 0. The van der Waals surface area contributed by atoms with Gasteiger partial charge < -0.3 is 14.2 Å². The molecule has 2 aliphatic carbocycles. The number of ether oxygens (including phenoxy) is 3. The van der Waals surface area contributed by atoms with Gasteiger partial charge in [0.1, 0.15) is 0 Å². The Morgan fingerprint density at radius 1 is 0.913 bits per heavy atom. The Morgan fingerprint density at radius 2 is 1.48 bits per heavy atom. The van der Waals surface area contributed by atoms with E-state index in [1.54, 1.807) is 0 Å². The third kappa shape index (κ3) is 4.42. The van der Waals surface area contributed by atoms with Crippen LogP contribution in [0.25, 0.3) is 0 Å². The van der Waals surface area contributed by atoms with Crippen LogP contribution < -0.4 is 14.2 Å². The Hall–Kier alpha value is -1.66. The van der Waals surface area contributed by atoms with Gasteiger partial charge in [0, 0.05) is 0 Å². The Morgan fingerprint density at radius 3 is 2.00 bits per heavy atom. The molecule has 0 spiro atoms. The zero-order valence-corrected chi connectivity index (χ0v) is 12.5. The van der Waals surface area contributed by atoms with Crippen molar-refractivity contribution in [3.63, 3.8) is 0 Å². The van der Waals surface area contributed by atoms with E-state index in [1.165, 1.54) is 12.1 Å². The molecule has 128 valence electrons. The van der Waals surface area contributed by atoms with Gasteiger partial charge in [0.2, 0.25) is 11.6 Å². The fourth-order valence-corrected chi connectivity index (χ4v) is 2.32. The minimum Gasteiger partial charge on any atom is -0.490 e. The molecular formula is C16H18F4O3. The number of halogens is 4. The van der Waals surface area contributed by atoms with E-state index in [4.69, 9.17) is 9.47 Å². The SMILES string of the molecule is Fc1c(OCC2CC2)ccc(OCC2CCC2)c1OC(F)(F)F. The van der Waals surface area contributed by atoms with Crippen LogP contribution in [0.5, 0.6) is 17.2 Å². The third-order valence-corrected chi connectivity index (χ3v) is 4.11. The smallest absolute Gasteiger partial charge is 0.490 e. The average molecular weight is 334 g/mol. The van der Waals surface area contributed by atoms with Gasteiger partial charge >= 0.3 is 6.36 Å². The van der Waals surface area contributed by atoms with Crippen LogP contribution in [0.3, 0.4) is 0 Å². The number of hydrogen-bond acceptors (Lipinski definition) is 3. The lowest BCUT2D eigenvalue weighted by Crippen LogP contribution is -2.22. The molecule has 7 heteroatoms. The largest absolute Gasteiger partial charge is 0.573 e. The molecule has 1 aromatic rings. The maximum Gasteiger partial charge on any atom is 0.573 e. The van der Waals surface area contributed by atoms with Crippen molar-refractivity contribution in [3.05, 3.63) is 17.9 Å². The summed E-state index contributed by atoms with van der Waals surface area (Å²) in [5.74, 6) is -1.95. The van der Waals surface area contributed by atoms with Crippen molar-refractivity contribution in [3.8, 4) is 17.2 Å². The van der Waals surface area contributed by atoms with Crippen molar-refractivity contribution in [2.45, 2.75) is 38.5 Å². The van der Waals surface area contributed by atoms with Crippen LogP contribution in [-0.2, 0) is 0 Å². The van der Waals surface area contributed by atoms with Crippen molar-refractivity contribution in [2.24, 2.45) is 11.8 Å². The zero-order chi connectivity index (χ0) is 16.4. The fourth-order valence-electron chi connectivity index (χ4n) is 2.32. The molecule has 0 heterocycles. The molecule has 0 radical (unpaired) electrons. The van der Waals surface area contributed by atoms with E-state index in [9.17, 15) is 17.6 Å². The van der Waals surface area contributed by atoms with Gasteiger partial charge in [-0.25, -0.2) is 0 Å². The van der Waals surface area contributed by atoms with Crippen molar-refractivity contribution < 1.29 is 31.8 Å². The summed E-state index contributed by atoms with van der Waals surface area (Å²) in [5, 5.41) is 0. The van der Waals surface area contributed by atoms with Crippen LogP contribution >= 0.6 is 0 Å². The van der Waals surface area contributed by atoms with Crippen molar-refractivity contribution in [1.29, 1.82) is 0 Å². The molecule has 2 saturated carbocycles. The molecule has 0 aromatic heterocycles. The first kappa shape index (κ1) is 16.2. The van der Waals surface area contributed by atoms with Gasteiger partial charge in [-0.05, 0) is 49.7 Å². The van der Waals surface area contributed by atoms with Crippen LogP contribution in [0.4, 0.5) is 17.6 Å². The van der Waals surface area contributed by atoms with Gasteiger partial charge in [-0.1, -0.05) is 6.42 Å². The Labute approximate surface area is 131 Å². The van der Waals surface area contributed by atoms with E-state index in [2.05, 4.69) is 4.74 Å². The molecule has 0 bridgehead atoms. The monoisotopic (exact) mass is 334 g/mol. The van der Waals surface area contributed by atoms with E-state index in [0.717, 1.165) is 32.1 Å². The van der Waals surface area contributed by atoms with Crippen LogP contribution in [0.1, 0.15) is 32.1 Å². The molecule has 23 heavy (non-hydrogen) atoms. The summed E-state index contributed by atoms with van der Waals surface area (Å²) in [7, 11) is 0. The minimum atomic E-state index is -5.00. The highest BCUT2D eigenvalue weighted by atomic mass is 19.4. The van der Waals surface area contributed by atoms with Gasteiger partial charge in [0.25, 0.3) is 0 Å². The summed E-state index contributed by atoms with van der Waals surface area (Å²) >= 11 is 0. The number of alkyl halides is 3. The predicted octanol–water partition coefficient (Wildman–Crippen LogP) is 4.69. The van der Waals surface area contributed by atoms with E-state index in [-0.39, 0.29) is 18.1 Å². The summed E-state index contributed by atoms with van der Waals surface area (Å²) in [4.78, 5) is 0. The normalized spacial score (nSPS) is 18.4. The maximum atomic E-state index is 14.3. The lowest BCUT2D eigenvalue weighted by Gasteiger charge is -2.26. The number of hydrogen-bond donors (Lipinski definition) is 0. The Balaban J connectivity index is 1.76. The second-order valence-corrected chi connectivity index (χ2v) is 6.12. The van der Waals surface area contributed by atoms with Gasteiger partial charge in [-0.2, -0.15) is 4.39 Å². The third-order valence-electron chi connectivity index (χ3n) is 4.11. The molecule has 2 fully saturated rings. The fraction of sp³-hybridized carbons (Fsp3) is 0.625. The second-order valence-electron chi connectivity index (χ2n) is 6.12. The molecule has 0 aliphatic heterocycles. The molecule has 0 amide bonds. The molecule has 0 saturated heterocycles. The highest BCUT2D eigenvalue weighted by Gasteiger charge is 2.35. The van der Waals surface area contributed by atoms with E-state index in [0.29, 0.717) is 18.4 Å². The zero-order valence-electron chi connectivity index (χ0n) is 12.5. The van der Waals surface area contributed by atoms with Crippen LogP contribution in [0, 0.1) is 17.7 Å². The molecule has 3 rings (SSSR count). The predicted molar refractivity (Wildman–Crippen MR) is 74.1 cm³/mol. The molecule has 0 unspecified atom stereocenters. The standard InChI is InChI=1S/C16H18F4O3/c17-14-12(21-9-11-4-5-11)6-7-13(15(14)23-16(18,19)20)22-8-10-2-1-3-10/h6-7,10-11H,1-5,8-9H2. The molecule has 0 N–H and O–H groups in total. The summed E-state index contributed by atoms with van der Waals surface area (Å²) in [6.07, 6.45) is 0.0278. The average Bonchev–Trinajstić information content (AvgIpc) is 3.22.